The van der Waals surface area contributed by atoms with E-state index in [-0.39, 0.29) is 122 Å². The number of fused-ring (bicyclic) bond motifs is 1. The third-order valence-electron chi connectivity index (χ3n) is 14.5. The molecule has 3 aliphatic rings. The molecule has 474 valence electrons. The van der Waals surface area contributed by atoms with Crippen molar-refractivity contribution in [3.8, 4) is 5.75 Å². The van der Waals surface area contributed by atoms with Crippen LogP contribution in [-0.4, -0.2) is 290 Å². The highest BCUT2D eigenvalue weighted by Gasteiger charge is 2.46. The summed E-state index contributed by atoms with van der Waals surface area (Å²) in [5.74, 6) is -7.36. The molecular weight excluding hydrogens is 1140 g/mol. The Balaban J connectivity index is 0.954. The van der Waals surface area contributed by atoms with E-state index in [2.05, 4.69) is 57.1 Å². The molecule has 0 radical (unpaired) electrons. The lowest BCUT2D eigenvalue weighted by molar-refractivity contribution is -0.140. The van der Waals surface area contributed by atoms with Crippen molar-refractivity contribution in [2.45, 2.75) is 50.6 Å². The van der Waals surface area contributed by atoms with Crippen LogP contribution in [0, 0.1) is 6.92 Å². The van der Waals surface area contributed by atoms with Gasteiger partial charge in [-0.25, -0.2) is 8.78 Å². The largest absolute Gasteiger partial charge is 0.494 e. The molecule has 0 spiro atoms. The summed E-state index contributed by atoms with van der Waals surface area (Å²) in [6.45, 7) is 5.60. The van der Waals surface area contributed by atoms with Crippen LogP contribution in [0.4, 0.5) is 8.78 Å². The number of pyridine rings is 1. The highest BCUT2D eigenvalue weighted by Crippen LogP contribution is 2.31. The molecule has 4 heterocycles. The monoisotopic (exact) mass is 1220 g/mol. The number of carboxylic acids is 3. The molecule has 0 aliphatic carbocycles. The molecule has 3 aromatic rings. The molecule has 87 heavy (non-hydrogen) atoms. The number of hydrazone groups is 3. The maximum Gasteiger partial charge on any atom is 0.317 e. The molecule has 2 atom stereocenters. The highest BCUT2D eigenvalue weighted by molar-refractivity contribution is 6.07. The molecule has 8 N–H and O–H groups in total. The Kier molecular flexibility index (Phi) is 27.5. The number of carbonyl (C=O) groups is 7. The second kappa shape index (κ2) is 35.3. The number of likely N-dealkylation sites (tertiary alicyclic amines) is 1. The summed E-state index contributed by atoms with van der Waals surface area (Å²) in [5, 5.41) is 47.6. The average molecular weight is 1220 g/mol. The number of carboxylic acid groups (broad SMARTS) is 3. The number of ether oxygens (including phenoxy) is 1. The quantitative estimate of drug-likeness (QED) is 0.0182. The zero-order valence-electron chi connectivity index (χ0n) is 49.3. The van der Waals surface area contributed by atoms with Crippen LogP contribution in [0.2, 0.25) is 0 Å². The van der Waals surface area contributed by atoms with Gasteiger partial charge in [-0.2, -0.15) is 15.3 Å². The number of aryl methyl sites for hydroxylation is 1. The van der Waals surface area contributed by atoms with Crippen molar-refractivity contribution in [3.05, 3.63) is 71.4 Å². The van der Waals surface area contributed by atoms with E-state index >= 15 is 0 Å². The number of aliphatic imine (C=N–C) groups is 1. The molecule has 3 fully saturated rings. The molecule has 3 saturated heterocycles. The second-order valence-electron chi connectivity index (χ2n) is 21.3. The molecule has 30 heteroatoms. The lowest BCUT2D eigenvalue weighted by Crippen LogP contribution is -2.50. The van der Waals surface area contributed by atoms with Gasteiger partial charge < -0.3 is 45.9 Å². The third-order valence-corrected chi connectivity index (χ3v) is 14.5. The standard InChI is InChI=1S/C57H81F2N17O11/c1-42-4-6-43(7-5-42)32-65-68-41-67-64-14-10-44(69-50(77)36-71-17-19-72(37-53(80)81)21-23-74(39-55(84)85)24-22-73(20-18-71)38-54(82)83)33-66-63-15-12-51(78)75-27-25-70(26-28-75)16-3-29-87-46-8-9-49-48(30-46)47(11-13-61-49)56(86)62-35-52(79)76-40-57(58,59)31-45(76)34-60-2/h4-9,11,13-14,30,32-34,44-45,63,67-68H,3,10,12,15-29,31,35-41H2,1-2H3,(H,62,86)(H,69,77)(H,80,81)(H,82,83)(H,84,85)/b60-34+,64-14+,65-32+,66-33-/t44?,45-/m1/s1. The van der Waals surface area contributed by atoms with Crippen LogP contribution in [-0.2, 0) is 28.8 Å². The van der Waals surface area contributed by atoms with E-state index in [0.717, 1.165) is 16.0 Å². The van der Waals surface area contributed by atoms with Crippen molar-refractivity contribution in [3.63, 3.8) is 0 Å². The number of nitrogens with one attached hydrogen (secondary N) is 5. The van der Waals surface area contributed by atoms with Gasteiger partial charge in [0.1, 0.15) is 12.4 Å². The minimum absolute atomic E-state index is 0.0506. The number of halogens is 2. The Hall–Kier alpha value is -8.32. The summed E-state index contributed by atoms with van der Waals surface area (Å²) < 4.78 is 34.3. The Morgan fingerprint density at radius 1 is 0.747 bits per heavy atom. The number of rotatable bonds is 30. The lowest BCUT2D eigenvalue weighted by atomic mass is 10.1. The molecule has 4 amide bonds. The van der Waals surface area contributed by atoms with Crippen molar-refractivity contribution in [1.29, 1.82) is 0 Å². The van der Waals surface area contributed by atoms with Crippen LogP contribution in [0.15, 0.2) is 75.0 Å². The fraction of sp³-hybridized carbons (Fsp3) is 0.544. The van der Waals surface area contributed by atoms with E-state index in [1.165, 1.54) is 31.7 Å². The number of hydrogen-bond donors (Lipinski definition) is 8. The predicted molar refractivity (Wildman–Crippen MR) is 321 cm³/mol. The van der Waals surface area contributed by atoms with Crippen molar-refractivity contribution in [2.75, 3.05) is 151 Å². The molecule has 0 saturated carbocycles. The Labute approximate surface area is 503 Å². The van der Waals surface area contributed by atoms with E-state index in [4.69, 9.17) is 4.74 Å². The Bertz CT molecular complexity index is 2850. The molecular formula is C57H81F2N17O11. The SMILES string of the molecule is C/N=C/[C@H]1CC(F)(F)CN1C(=O)CNC(=O)c1ccnc2ccc(OCCCN3CCN(C(=O)CCN/N=C\C(C/C=N/NCN/N=C/c4ccc(C)cc4)NC(=O)CN4CCN(CC(=O)O)CCN(CC(=O)O)CCN(CC(=O)O)CC4)CC3)cc12. The minimum atomic E-state index is -3.05. The first-order valence-corrected chi connectivity index (χ1v) is 28.9. The number of piperazine rings is 1. The number of carbonyl (C=O) groups excluding carboxylic acids is 4. The first-order valence-electron chi connectivity index (χ1n) is 28.9. The van der Waals surface area contributed by atoms with Gasteiger partial charge >= 0.3 is 17.9 Å². The van der Waals surface area contributed by atoms with Gasteiger partial charge in [-0.15, -0.1) is 0 Å². The smallest absolute Gasteiger partial charge is 0.317 e. The molecule has 1 aromatic heterocycles. The zero-order valence-corrected chi connectivity index (χ0v) is 49.3. The number of hydrogen-bond acceptors (Lipinski definition) is 21. The topological polar surface area (TPSA) is 335 Å². The van der Waals surface area contributed by atoms with Gasteiger partial charge in [-0.1, -0.05) is 29.8 Å². The summed E-state index contributed by atoms with van der Waals surface area (Å²) >= 11 is 0. The van der Waals surface area contributed by atoms with E-state index in [1.807, 2.05) is 36.1 Å². The first kappa shape index (κ1) is 67.8. The predicted octanol–water partition coefficient (Wildman–Crippen LogP) is -0.405. The number of amides is 4. The summed E-state index contributed by atoms with van der Waals surface area (Å²) in [7, 11) is 1.45. The highest BCUT2D eigenvalue weighted by atomic mass is 19.3. The van der Waals surface area contributed by atoms with Crippen LogP contribution in [0.1, 0.15) is 47.2 Å². The van der Waals surface area contributed by atoms with E-state index in [0.29, 0.717) is 62.4 Å². The van der Waals surface area contributed by atoms with Crippen LogP contribution in [0.25, 0.3) is 10.9 Å². The van der Waals surface area contributed by atoms with Crippen LogP contribution >= 0.6 is 0 Å². The minimum Gasteiger partial charge on any atom is -0.494 e. The van der Waals surface area contributed by atoms with Crippen molar-refractivity contribution in [2.24, 2.45) is 20.3 Å². The molecule has 2 aromatic carbocycles. The number of alkyl halides is 2. The van der Waals surface area contributed by atoms with Gasteiger partial charge in [0.15, 0.2) is 0 Å². The summed E-state index contributed by atoms with van der Waals surface area (Å²) in [6, 6.07) is 13.0. The number of aliphatic carboxylic acids is 3. The molecule has 6 rings (SSSR count). The molecule has 0 bridgehead atoms. The van der Waals surface area contributed by atoms with Gasteiger partial charge in [-0.05, 0) is 43.2 Å². The lowest BCUT2D eigenvalue weighted by Gasteiger charge is -2.34. The van der Waals surface area contributed by atoms with Crippen LogP contribution < -0.4 is 31.6 Å². The molecule has 28 nitrogen and oxygen atoms in total. The summed E-state index contributed by atoms with van der Waals surface area (Å²) in [5.41, 5.74) is 11.5. The van der Waals surface area contributed by atoms with Crippen molar-refractivity contribution < 1.29 is 62.4 Å². The fourth-order valence-electron chi connectivity index (χ4n) is 9.95. The van der Waals surface area contributed by atoms with Gasteiger partial charge in [-0.3, -0.25) is 78.9 Å². The van der Waals surface area contributed by atoms with E-state index in [1.54, 1.807) is 50.2 Å². The van der Waals surface area contributed by atoms with Gasteiger partial charge in [0, 0.05) is 148 Å². The average Bonchev–Trinajstić information content (AvgIpc) is 2.28. The van der Waals surface area contributed by atoms with E-state index < -0.39 is 67.2 Å². The van der Waals surface area contributed by atoms with Gasteiger partial charge in [0.2, 0.25) is 17.7 Å². The fourth-order valence-corrected chi connectivity index (χ4v) is 9.95. The normalized spacial score (nSPS) is 18.4. The van der Waals surface area contributed by atoms with Gasteiger partial charge in [0.05, 0.1) is 75.3 Å². The van der Waals surface area contributed by atoms with Crippen LogP contribution in [0.3, 0.4) is 0 Å². The Morgan fingerprint density at radius 2 is 1.36 bits per heavy atom. The second-order valence-corrected chi connectivity index (χ2v) is 21.3. The van der Waals surface area contributed by atoms with Crippen LogP contribution in [0.5, 0.6) is 5.75 Å². The maximum atomic E-state index is 14.1. The molecule has 1 unspecified atom stereocenters. The number of benzene rings is 2. The van der Waals surface area contributed by atoms with E-state index in [9.17, 15) is 57.7 Å². The molecule has 3 aliphatic heterocycles. The Morgan fingerprint density at radius 3 is 1.98 bits per heavy atom. The summed E-state index contributed by atoms with van der Waals surface area (Å²) in [4.78, 5) is 108. The zero-order chi connectivity index (χ0) is 62.6. The number of nitrogens with zero attached hydrogens (tertiary/aromatic N) is 12. The first-order chi connectivity index (χ1) is 41.8. The summed E-state index contributed by atoms with van der Waals surface area (Å²) in [6.07, 6.45) is 8.05. The van der Waals surface area contributed by atoms with Crippen molar-refractivity contribution in [1.82, 2.24) is 66.2 Å². The van der Waals surface area contributed by atoms with Crippen molar-refractivity contribution >= 4 is 77.3 Å². The third kappa shape index (κ3) is 24.5. The van der Waals surface area contributed by atoms with Gasteiger partial charge in [0.25, 0.3) is 11.8 Å². The maximum absolute atomic E-state index is 14.1. The number of aromatic nitrogens is 1.